The van der Waals surface area contributed by atoms with Gasteiger partial charge < -0.3 is 15.5 Å². The van der Waals surface area contributed by atoms with E-state index in [0.29, 0.717) is 12.8 Å². The Kier molecular flexibility index (Phi) is 31.5. The molecule has 0 aromatic heterocycles. The van der Waals surface area contributed by atoms with E-state index >= 15 is 0 Å². The molecule has 0 aliphatic rings. The molecular formula is C36H69NO3. The first kappa shape index (κ1) is 38.9. The van der Waals surface area contributed by atoms with Crippen molar-refractivity contribution < 1.29 is 15.0 Å². The first-order valence-electron chi connectivity index (χ1n) is 17.5. The number of hydrogen-bond acceptors (Lipinski definition) is 3. The molecule has 236 valence electrons. The van der Waals surface area contributed by atoms with Gasteiger partial charge in [-0.25, -0.2) is 0 Å². The molecule has 0 aromatic rings. The van der Waals surface area contributed by atoms with Crippen molar-refractivity contribution in [1.29, 1.82) is 0 Å². The summed E-state index contributed by atoms with van der Waals surface area (Å²) in [5, 5.41) is 23.0. The fraction of sp³-hybridized carbons (Fsp3) is 0.861. The number of unbranched alkanes of at least 4 members (excludes halogenated alkanes) is 20. The van der Waals surface area contributed by atoms with E-state index in [1.807, 2.05) is 0 Å². The second-order valence-electron chi connectivity index (χ2n) is 11.9. The van der Waals surface area contributed by atoms with Crippen LogP contribution in [0.4, 0.5) is 0 Å². The molecule has 0 saturated carbocycles. The number of allylic oxidation sites excluding steroid dienone is 4. The van der Waals surface area contributed by atoms with E-state index in [0.717, 1.165) is 44.9 Å². The van der Waals surface area contributed by atoms with Crippen LogP contribution in [0.25, 0.3) is 0 Å². The predicted molar refractivity (Wildman–Crippen MR) is 175 cm³/mol. The maximum Gasteiger partial charge on any atom is 0.220 e. The molecule has 0 radical (unpaired) electrons. The van der Waals surface area contributed by atoms with E-state index in [9.17, 15) is 15.0 Å². The van der Waals surface area contributed by atoms with Crippen LogP contribution in [-0.2, 0) is 4.79 Å². The highest BCUT2D eigenvalue weighted by atomic mass is 16.3. The molecule has 0 heterocycles. The molecule has 0 aliphatic carbocycles. The van der Waals surface area contributed by atoms with E-state index in [1.54, 1.807) is 0 Å². The zero-order chi connectivity index (χ0) is 29.4. The van der Waals surface area contributed by atoms with Crippen LogP contribution >= 0.6 is 0 Å². The standard InChI is InChI=1S/C36H69NO3/c1-3-5-7-9-11-13-15-17-18-20-22-24-26-28-30-32-36(40)37-34(33-38)35(39)31-29-27-25-23-21-19-16-14-12-10-8-6-4-2/h11,13,17-18,34-35,38-39H,3-10,12,14-16,19-33H2,1-2H3,(H,37,40). The largest absolute Gasteiger partial charge is 0.394 e. The molecule has 1 amide bonds. The number of aliphatic hydroxyl groups is 2. The van der Waals surface area contributed by atoms with Crippen LogP contribution in [0.3, 0.4) is 0 Å². The lowest BCUT2D eigenvalue weighted by molar-refractivity contribution is -0.123. The maximum absolute atomic E-state index is 12.3. The van der Waals surface area contributed by atoms with Gasteiger partial charge >= 0.3 is 0 Å². The van der Waals surface area contributed by atoms with Crippen LogP contribution in [0.15, 0.2) is 24.3 Å². The summed E-state index contributed by atoms with van der Waals surface area (Å²) >= 11 is 0. The summed E-state index contributed by atoms with van der Waals surface area (Å²) in [6, 6.07) is -0.539. The second-order valence-corrected chi connectivity index (χ2v) is 11.9. The Morgan fingerprint density at radius 3 is 1.55 bits per heavy atom. The molecule has 0 aromatic carbocycles. The van der Waals surface area contributed by atoms with Gasteiger partial charge in [-0.05, 0) is 44.9 Å². The zero-order valence-electron chi connectivity index (χ0n) is 26.9. The van der Waals surface area contributed by atoms with Gasteiger partial charge in [-0.2, -0.15) is 0 Å². The molecule has 0 fully saturated rings. The van der Waals surface area contributed by atoms with E-state index in [4.69, 9.17) is 0 Å². The zero-order valence-corrected chi connectivity index (χ0v) is 26.9. The predicted octanol–water partition coefficient (Wildman–Crippen LogP) is 10.1. The summed E-state index contributed by atoms with van der Waals surface area (Å²) in [6.45, 7) is 4.31. The van der Waals surface area contributed by atoms with Crippen LogP contribution in [-0.4, -0.2) is 34.9 Å². The lowest BCUT2D eigenvalue weighted by atomic mass is 10.0. The third-order valence-corrected chi connectivity index (χ3v) is 7.97. The van der Waals surface area contributed by atoms with E-state index < -0.39 is 12.1 Å². The Morgan fingerprint density at radius 2 is 1.02 bits per heavy atom. The van der Waals surface area contributed by atoms with Crippen LogP contribution < -0.4 is 5.32 Å². The maximum atomic E-state index is 12.3. The number of rotatable bonds is 31. The van der Waals surface area contributed by atoms with Gasteiger partial charge in [0.2, 0.25) is 5.91 Å². The van der Waals surface area contributed by atoms with Crippen LogP contribution in [0.5, 0.6) is 0 Å². The number of nitrogens with one attached hydrogen (secondary N) is 1. The van der Waals surface area contributed by atoms with Gasteiger partial charge in [0.05, 0.1) is 18.8 Å². The number of aliphatic hydroxyl groups excluding tert-OH is 2. The number of amides is 1. The van der Waals surface area contributed by atoms with Crippen molar-refractivity contribution in [2.45, 2.75) is 193 Å². The molecule has 3 N–H and O–H groups in total. The molecule has 40 heavy (non-hydrogen) atoms. The summed E-state index contributed by atoms with van der Waals surface area (Å²) in [6.07, 6.45) is 39.3. The van der Waals surface area contributed by atoms with Crippen molar-refractivity contribution in [2.75, 3.05) is 6.61 Å². The fourth-order valence-electron chi connectivity index (χ4n) is 5.21. The average Bonchev–Trinajstić information content (AvgIpc) is 2.96. The van der Waals surface area contributed by atoms with Crippen molar-refractivity contribution in [3.05, 3.63) is 24.3 Å². The highest BCUT2D eigenvalue weighted by Crippen LogP contribution is 2.14. The highest BCUT2D eigenvalue weighted by molar-refractivity contribution is 5.76. The monoisotopic (exact) mass is 564 g/mol. The summed E-state index contributed by atoms with van der Waals surface area (Å²) in [7, 11) is 0. The normalized spacial score (nSPS) is 13.4. The van der Waals surface area contributed by atoms with Crippen molar-refractivity contribution in [2.24, 2.45) is 0 Å². The van der Waals surface area contributed by atoms with E-state index in [-0.39, 0.29) is 12.5 Å². The van der Waals surface area contributed by atoms with Crippen LogP contribution in [0.2, 0.25) is 0 Å². The first-order chi connectivity index (χ1) is 19.7. The Balaban J connectivity index is 3.61. The van der Waals surface area contributed by atoms with Gasteiger partial charge in [-0.1, -0.05) is 154 Å². The molecular weight excluding hydrogens is 494 g/mol. The van der Waals surface area contributed by atoms with E-state index in [2.05, 4.69) is 43.5 Å². The molecule has 0 aliphatic heterocycles. The molecule has 0 spiro atoms. The minimum atomic E-state index is -0.661. The van der Waals surface area contributed by atoms with Crippen molar-refractivity contribution in [3.8, 4) is 0 Å². The highest BCUT2D eigenvalue weighted by Gasteiger charge is 2.19. The van der Waals surface area contributed by atoms with Gasteiger partial charge in [0, 0.05) is 6.42 Å². The number of carbonyl (C=O) groups excluding carboxylic acids is 1. The minimum absolute atomic E-state index is 0.0471. The van der Waals surface area contributed by atoms with Crippen molar-refractivity contribution >= 4 is 5.91 Å². The van der Waals surface area contributed by atoms with Gasteiger partial charge in [-0.3, -0.25) is 4.79 Å². The summed E-state index contributed by atoms with van der Waals surface area (Å²) in [5.74, 6) is -0.0471. The summed E-state index contributed by atoms with van der Waals surface area (Å²) in [4.78, 5) is 12.3. The lowest BCUT2D eigenvalue weighted by Gasteiger charge is -2.22. The van der Waals surface area contributed by atoms with Gasteiger partial charge in [0.25, 0.3) is 0 Å². The molecule has 0 rings (SSSR count). The Morgan fingerprint density at radius 1 is 0.600 bits per heavy atom. The minimum Gasteiger partial charge on any atom is -0.394 e. The average molecular weight is 564 g/mol. The first-order valence-corrected chi connectivity index (χ1v) is 17.5. The Hall–Kier alpha value is -1.13. The molecule has 2 atom stereocenters. The smallest absolute Gasteiger partial charge is 0.220 e. The molecule has 4 nitrogen and oxygen atoms in total. The molecule has 4 heteroatoms. The third kappa shape index (κ3) is 28.4. The third-order valence-electron chi connectivity index (χ3n) is 7.97. The van der Waals surface area contributed by atoms with Crippen LogP contribution in [0.1, 0.15) is 181 Å². The van der Waals surface area contributed by atoms with Gasteiger partial charge in [-0.15, -0.1) is 0 Å². The topological polar surface area (TPSA) is 69.6 Å². The number of hydrogen-bond donors (Lipinski definition) is 3. The number of carbonyl (C=O) groups is 1. The quantitative estimate of drug-likeness (QED) is 0.0580. The fourth-order valence-corrected chi connectivity index (χ4v) is 5.21. The second kappa shape index (κ2) is 32.4. The van der Waals surface area contributed by atoms with Gasteiger partial charge in [0.1, 0.15) is 0 Å². The van der Waals surface area contributed by atoms with Crippen molar-refractivity contribution in [1.82, 2.24) is 5.32 Å². The summed E-state index contributed by atoms with van der Waals surface area (Å²) < 4.78 is 0. The van der Waals surface area contributed by atoms with E-state index in [1.165, 1.54) is 109 Å². The Labute approximate surface area is 249 Å². The lowest BCUT2D eigenvalue weighted by Crippen LogP contribution is -2.45. The van der Waals surface area contributed by atoms with Crippen LogP contribution in [0, 0.1) is 0 Å². The Bertz CT molecular complexity index is 574. The molecule has 2 unspecified atom stereocenters. The summed E-state index contributed by atoms with van der Waals surface area (Å²) in [5.41, 5.74) is 0. The molecule has 0 saturated heterocycles. The van der Waals surface area contributed by atoms with Crippen molar-refractivity contribution in [3.63, 3.8) is 0 Å². The molecule has 0 bridgehead atoms. The SMILES string of the molecule is CCCCCC=CCC=CCCCCCCCC(=O)NC(CO)C(O)CCCCCCCCCCCCCCC. The van der Waals surface area contributed by atoms with Gasteiger partial charge in [0.15, 0.2) is 0 Å².